The molecule has 0 saturated heterocycles. The summed E-state index contributed by atoms with van der Waals surface area (Å²) in [5.41, 5.74) is 0.142. The summed E-state index contributed by atoms with van der Waals surface area (Å²) in [6.07, 6.45) is 2.09. The lowest BCUT2D eigenvalue weighted by atomic mass is 10.4. The van der Waals surface area contributed by atoms with Gasteiger partial charge in [-0.3, -0.25) is 0 Å². The first kappa shape index (κ1) is 13.9. The van der Waals surface area contributed by atoms with Crippen LogP contribution in [0.15, 0.2) is 12.1 Å². The molecule has 0 amide bonds. The van der Waals surface area contributed by atoms with Crippen LogP contribution in [0.3, 0.4) is 0 Å². The molecule has 0 aliphatic carbocycles. The average Bonchev–Trinajstić information content (AvgIpc) is 2.34. The number of ether oxygens (including phenoxy) is 2. The maximum atomic E-state index is 11.4. The van der Waals surface area contributed by atoms with Gasteiger partial charge in [-0.1, -0.05) is 24.9 Å². The van der Waals surface area contributed by atoms with Crippen LogP contribution in [0.1, 0.15) is 30.3 Å². The van der Waals surface area contributed by atoms with Crippen molar-refractivity contribution in [1.29, 1.82) is 0 Å². The predicted molar refractivity (Wildman–Crippen MR) is 63.1 cm³/mol. The Labute approximate surface area is 105 Å². The van der Waals surface area contributed by atoms with Gasteiger partial charge in [-0.15, -0.1) is 10.2 Å². The van der Waals surface area contributed by atoms with Crippen molar-refractivity contribution in [1.82, 2.24) is 10.2 Å². The number of carbonyl (C=O) groups is 1. The summed E-state index contributed by atoms with van der Waals surface area (Å²) < 4.78 is 10.2. The fraction of sp³-hybridized carbons (Fsp3) is 0.545. The molecule has 1 aromatic heterocycles. The fourth-order valence-corrected chi connectivity index (χ4v) is 1.14. The minimum absolute atomic E-state index is 0.142. The highest BCUT2D eigenvalue weighted by atomic mass is 35.5. The van der Waals surface area contributed by atoms with Crippen LogP contribution in [-0.2, 0) is 9.47 Å². The molecule has 6 heteroatoms. The summed E-state index contributed by atoms with van der Waals surface area (Å²) in [7, 11) is 0. The minimum atomic E-state index is -0.520. The van der Waals surface area contributed by atoms with Gasteiger partial charge in [0.1, 0.15) is 6.61 Å². The van der Waals surface area contributed by atoms with Gasteiger partial charge in [0.25, 0.3) is 0 Å². The number of hydrogen-bond donors (Lipinski definition) is 0. The van der Waals surface area contributed by atoms with E-state index in [4.69, 9.17) is 21.1 Å². The number of rotatable bonds is 7. The van der Waals surface area contributed by atoms with Crippen LogP contribution in [0.5, 0.6) is 0 Å². The van der Waals surface area contributed by atoms with Gasteiger partial charge in [0.05, 0.1) is 6.61 Å². The van der Waals surface area contributed by atoms with Crippen molar-refractivity contribution in [2.45, 2.75) is 19.8 Å². The Morgan fingerprint density at radius 1 is 1.29 bits per heavy atom. The van der Waals surface area contributed by atoms with Crippen molar-refractivity contribution < 1.29 is 14.3 Å². The maximum Gasteiger partial charge on any atom is 0.358 e. The number of aromatic nitrogens is 2. The van der Waals surface area contributed by atoms with Gasteiger partial charge < -0.3 is 9.47 Å². The number of unbranched alkanes of at least 4 members (excludes halogenated alkanes) is 1. The van der Waals surface area contributed by atoms with Gasteiger partial charge in [0, 0.05) is 6.61 Å². The number of carbonyl (C=O) groups excluding carboxylic acids is 1. The zero-order chi connectivity index (χ0) is 12.5. The molecule has 17 heavy (non-hydrogen) atoms. The number of esters is 1. The van der Waals surface area contributed by atoms with Gasteiger partial charge in [-0.05, 0) is 18.6 Å². The van der Waals surface area contributed by atoms with E-state index < -0.39 is 5.97 Å². The minimum Gasteiger partial charge on any atom is -0.458 e. The zero-order valence-electron chi connectivity index (χ0n) is 9.69. The monoisotopic (exact) mass is 258 g/mol. The van der Waals surface area contributed by atoms with Crippen LogP contribution in [0.4, 0.5) is 0 Å². The topological polar surface area (TPSA) is 61.3 Å². The van der Waals surface area contributed by atoms with Crippen molar-refractivity contribution in [2.24, 2.45) is 0 Å². The van der Waals surface area contributed by atoms with Gasteiger partial charge in [-0.25, -0.2) is 4.79 Å². The van der Waals surface area contributed by atoms with E-state index >= 15 is 0 Å². The van der Waals surface area contributed by atoms with Crippen LogP contribution in [0.2, 0.25) is 5.15 Å². The third kappa shape index (κ3) is 5.60. The lowest BCUT2D eigenvalue weighted by Gasteiger charge is -2.04. The van der Waals surface area contributed by atoms with Gasteiger partial charge in [-0.2, -0.15) is 0 Å². The molecule has 0 N–H and O–H groups in total. The molecule has 0 atom stereocenters. The molecule has 0 aliphatic heterocycles. The number of hydrogen-bond acceptors (Lipinski definition) is 5. The van der Waals surface area contributed by atoms with Crippen LogP contribution in [-0.4, -0.2) is 36.0 Å². The second-order valence-corrected chi connectivity index (χ2v) is 3.73. The van der Waals surface area contributed by atoms with E-state index in [-0.39, 0.29) is 17.5 Å². The average molecular weight is 259 g/mol. The highest BCUT2D eigenvalue weighted by molar-refractivity contribution is 6.29. The van der Waals surface area contributed by atoms with E-state index in [1.165, 1.54) is 12.1 Å². The van der Waals surface area contributed by atoms with E-state index in [2.05, 4.69) is 17.1 Å². The lowest BCUT2D eigenvalue weighted by Crippen LogP contribution is -2.13. The standard InChI is InChI=1S/C11H15ClN2O3/c1-2-3-6-16-7-8-17-11(15)9-4-5-10(12)14-13-9/h4-5H,2-3,6-8H2,1H3. The number of halogens is 1. The second-order valence-electron chi connectivity index (χ2n) is 3.34. The molecule has 0 saturated carbocycles. The van der Waals surface area contributed by atoms with E-state index in [1.807, 2.05) is 0 Å². The first-order chi connectivity index (χ1) is 8.24. The third-order valence-corrected chi connectivity index (χ3v) is 2.15. The van der Waals surface area contributed by atoms with Gasteiger partial charge in [0.2, 0.25) is 0 Å². The molecule has 0 spiro atoms. The van der Waals surface area contributed by atoms with Crippen LogP contribution >= 0.6 is 11.6 Å². The molecule has 1 heterocycles. The van der Waals surface area contributed by atoms with E-state index in [0.29, 0.717) is 13.2 Å². The molecule has 0 bridgehead atoms. The lowest BCUT2D eigenvalue weighted by molar-refractivity contribution is 0.0307. The summed E-state index contributed by atoms with van der Waals surface area (Å²) in [5, 5.41) is 7.40. The van der Waals surface area contributed by atoms with E-state index in [1.54, 1.807) is 0 Å². The molecule has 5 nitrogen and oxygen atoms in total. The largest absolute Gasteiger partial charge is 0.458 e. The van der Waals surface area contributed by atoms with Crippen molar-refractivity contribution in [3.63, 3.8) is 0 Å². The third-order valence-electron chi connectivity index (χ3n) is 1.94. The summed E-state index contributed by atoms with van der Waals surface area (Å²) in [5.74, 6) is -0.520. The SMILES string of the molecule is CCCCOCCOC(=O)c1ccc(Cl)nn1. The smallest absolute Gasteiger partial charge is 0.358 e. The van der Waals surface area contributed by atoms with E-state index in [0.717, 1.165) is 12.8 Å². The maximum absolute atomic E-state index is 11.4. The van der Waals surface area contributed by atoms with Crippen molar-refractivity contribution in [2.75, 3.05) is 19.8 Å². The van der Waals surface area contributed by atoms with Gasteiger partial charge in [0.15, 0.2) is 10.8 Å². The highest BCUT2D eigenvalue weighted by Crippen LogP contribution is 2.03. The Balaban J connectivity index is 2.19. The second kappa shape index (κ2) is 7.97. The first-order valence-electron chi connectivity index (χ1n) is 5.48. The quantitative estimate of drug-likeness (QED) is 0.554. The molecule has 1 rings (SSSR count). The Hall–Kier alpha value is -1.20. The molecular weight excluding hydrogens is 244 g/mol. The zero-order valence-corrected chi connectivity index (χ0v) is 10.4. The van der Waals surface area contributed by atoms with Gasteiger partial charge >= 0.3 is 5.97 Å². The Bertz CT molecular complexity index is 343. The molecule has 0 fully saturated rings. The molecule has 94 valence electrons. The Morgan fingerprint density at radius 2 is 2.12 bits per heavy atom. The fourth-order valence-electron chi connectivity index (χ4n) is 1.04. The number of nitrogens with zero attached hydrogens (tertiary/aromatic N) is 2. The Morgan fingerprint density at radius 3 is 2.76 bits per heavy atom. The summed E-state index contributed by atoms with van der Waals surface area (Å²) in [6, 6.07) is 2.96. The van der Waals surface area contributed by atoms with Crippen molar-refractivity contribution in [3.8, 4) is 0 Å². The molecule has 0 unspecified atom stereocenters. The molecule has 0 aliphatic rings. The van der Waals surface area contributed by atoms with Crippen LogP contribution < -0.4 is 0 Å². The van der Waals surface area contributed by atoms with Crippen LogP contribution in [0, 0.1) is 0 Å². The summed E-state index contributed by atoms with van der Waals surface area (Å²) in [6.45, 7) is 3.39. The van der Waals surface area contributed by atoms with E-state index in [9.17, 15) is 4.79 Å². The van der Waals surface area contributed by atoms with Crippen LogP contribution in [0.25, 0.3) is 0 Å². The first-order valence-corrected chi connectivity index (χ1v) is 5.86. The molecular formula is C11H15ClN2O3. The molecule has 0 aromatic carbocycles. The normalized spacial score (nSPS) is 10.2. The summed E-state index contributed by atoms with van der Waals surface area (Å²) >= 11 is 5.55. The Kier molecular flexibility index (Phi) is 6.50. The van der Waals surface area contributed by atoms with Crippen molar-refractivity contribution >= 4 is 17.6 Å². The van der Waals surface area contributed by atoms with Crippen molar-refractivity contribution in [3.05, 3.63) is 23.0 Å². The molecule has 0 radical (unpaired) electrons. The highest BCUT2D eigenvalue weighted by Gasteiger charge is 2.08. The predicted octanol–water partition coefficient (Wildman–Crippen LogP) is 2.10. The molecule has 1 aromatic rings. The summed E-state index contributed by atoms with van der Waals surface area (Å²) in [4.78, 5) is 11.4.